The highest BCUT2D eigenvalue weighted by atomic mass is 16.3. The van der Waals surface area contributed by atoms with E-state index >= 15 is 0 Å². The molecular weight excluding hydrogens is 234 g/mol. The molecule has 2 N–H and O–H groups in total. The Morgan fingerprint density at radius 1 is 1.21 bits per heavy atom. The van der Waals surface area contributed by atoms with E-state index in [0.717, 1.165) is 16.9 Å². The molecule has 2 nitrogen and oxygen atoms in total. The first-order valence-corrected chi connectivity index (χ1v) is 6.40. The van der Waals surface area contributed by atoms with Crippen molar-refractivity contribution in [1.29, 1.82) is 0 Å². The molecule has 1 aromatic heterocycles. The van der Waals surface area contributed by atoms with Crippen molar-refractivity contribution >= 4 is 0 Å². The van der Waals surface area contributed by atoms with Crippen LogP contribution >= 0.6 is 0 Å². The first-order chi connectivity index (χ1) is 9.02. The van der Waals surface area contributed by atoms with Crippen molar-refractivity contribution in [2.75, 3.05) is 6.54 Å². The number of hydrogen-bond acceptors (Lipinski definition) is 2. The van der Waals surface area contributed by atoms with Gasteiger partial charge >= 0.3 is 0 Å². The Morgan fingerprint density at radius 3 is 2.58 bits per heavy atom. The average Bonchev–Trinajstić information content (AvgIpc) is 2.88. The van der Waals surface area contributed by atoms with Crippen LogP contribution < -0.4 is 5.73 Å². The average molecular weight is 253 g/mol. The molecule has 2 aromatic rings. The lowest BCUT2D eigenvalue weighted by Gasteiger charge is -2.20. The topological polar surface area (TPSA) is 39.2 Å². The molecule has 0 bridgehead atoms. The van der Waals surface area contributed by atoms with Gasteiger partial charge in [0.25, 0.3) is 0 Å². The molecule has 0 spiro atoms. The van der Waals surface area contributed by atoms with Crippen LogP contribution in [0, 0.1) is 11.8 Å². The van der Waals surface area contributed by atoms with Crippen molar-refractivity contribution < 1.29 is 4.42 Å². The molecule has 0 aliphatic rings. The Bertz CT molecular complexity index is 607. The quantitative estimate of drug-likeness (QED) is 0.789. The second-order valence-corrected chi connectivity index (χ2v) is 5.49. The summed E-state index contributed by atoms with van der Waals surface area (Å²) in [6.07, 6.45) is 1.68. The van der Waals surface area contributed by atoms with Crippen LogP contribution in [0.4, 0.5) is 0 Å². The Kier molecular flexibility index (Phi) is 3.78. The lowest BCUT2D eigenvalue weighted by Crippen LogP contribution is -2.11. The van der Waals surface area contributed by atoms with Gasteiger partial charge in [0.1, 0.15) is 5.76 Å². The molecular formula is C17H19NO. The van der Waals surface area contributed by atoms with Crippen LogP contribution in [0.3, 0.4) is 0 Å². The third-order valence-electron chi connectivity index (χ3n) is 3.00. The Balaban J connectivity index is 2.57. The van der Waals surface area contributed by atoms with Crippen molar-refractivity contribution in [3.63, 3.8) is 0 Å². The van der Waals surface area contributed by atoms with Gasteiger partial charge in [0, 0.05) is 11.1 Å². The van der Waals surface area contributed by atoms with Crippen molar-refractivity contribution in [2.45, 2.75) is 26.2 Å². The third-order valence-corrected chi connectivity index (χ3v) is 3.00. The van der Waals surface area contributed by atoms with E-state index in [4.69, 9.17) is 10.2 Å². The molecule has 0 unspecified atom stereocenters. The van der Waals surface area contributed by atoms with Gasteiger partial charge in [-0.15, -0.1) is 0 Å². The van der Waals surface area contributed by atoms with E-state index < -0.39 is 0 Å². The maximum atomic E-state index is 5.51. The van der Waals surface area contributed by atoms with Gasteiger partial charge in [-0.2, -0.15) is 0 Å². The van der Waals surface area contributed by atoms with Crippen LogP contribution in [0.2, 0.25) is 0 Å². The van der Waals surface area contributed by atoms with E-state index in [1.165, 1.54) is 5.56 Å². The zero-order valence-electron chi connectivity index (χ0n) is 11.7. The maximum absolute atomic E-state index is 5.51. The molecule has 98 valence electrons. The molecule has 1 aromatic carbocycles. The molecule has 0 saturated carbocycles. The van der Waals surface area contributed by atoms with Crippen LogP contribution in [0.5, 0.6) is 0 Å². The normalized spacial score (nSPS) is 10.9. The Labute approximate surface area is 114 Å². The highest BCUT2D eigenvalue weighted by Gasteiger charge is 2.16. The van der Waals surface area contributed by atoms with Crippen LogP contribution in [-0.4, -0.2) is 6.54 Å². The van der Waals surface area contributed by atoms with Crippen LogP contribution in [0.25, 0.3) is 11.3 Å². The van der Waals surface area contributed by atoms with Gasteiger partial charge in [-0.05, 0) is 35.2 Å². The second-order valence-electron chi connectivity index (χ2n) is 5.49. The Hall–Kier alpha value is -1.98. The van der Waals surface area contributed by atoms with E-state index in [0.29, 0.717) is 6.54 Å². The smallest absolute Gasteiger partial charge is 0.135 e. The predicted molar refractivity (Wildman–Crippen MR) is 78.8 cm³/mol. The first kappa shape index (κ1) is 13.5. The summed E-state index contributed by atoms with van der Waals surface area (Å²) in [4.78, 5) is 0. The minimum Gasteiger partial charge on any atom is -0.464 e. The third kappa shape index (κ3) is 3.07. The zero-order valence-corrected chi connectivity index (χ0v) is 11.7. The summed E-state index contributed by atoms with van der Waals surface area (Å²) in [6, 6.07) is 10.2. The minimum atomic E-state index is 0.0984. The monoisotopic (exact) mass is 253 g/mol. The van der Waals surface area contributed by atoms with Gasteiger partial charge in [0.15, 0.2) is 0 Å². The fourth-order valence-corrected chi connectivity index (χ4v) is 1.90. The van der Waals surface area contributed by atoms with Gasteiger partial charge in [-0.3, -0.25) is 0 Å². The van der Waals surface area contributed by atoms with Crippen molar-refractivity contribution in [3.05, 3.63) is 47.7 Å². The fraction of sp³-hybridized carbons (Fsp3) is 0.294. The molecule has 0 atom stereocenters. The molecule has 0 saturated heterocycles. The van der Waals surface area contributed by atoms with E-state index in [1.54, 1.807) is 6.26 Å². The molecule has 1 heterocycles. The molecule has 19 heavy (non-hydrogen) atoms. The minimum absolute atomic E-state index is 0.0984. The van der Waals surface area contributed by atoms with Gasteiger partial charge in [-0.1, -0.05) is 38.7 Å². The summed E-state index contributed by atoms with van der Waals surface area (Å²) in [5, 5.41) is 0. The molecule has 0 amide bonds. The van der Waals surface area contributed by atoms with Gasteiger partial charge < -0.3 is 10.2 Å². The molecule has 0 fully saturated rings. The maximum Gasteiger partial charge on any atom is 0.135 e. The van der Waals surface area contributed by atoms with E-state index in [9.17, 15) is 0 Å². The zero-order chi connectivity index (χ0) is 13.9. The molecule has 0 radical (unpaired) electrons. The summed E-state index contributed by atoms with van der Waals surface area (Å²) in [6.45, 7) is 6.94. The van der Waals surface area contributed by atoms with Crippen molar-refractivity contribution in [2.24, 2.45) is 5.73 Å². The number of furan rings is 1. The van der Waals surface area contributed by atoms with Gasteiger partial charge in [0.2, 0.25) is 0 Å². The summed E-state index contributed by atoms with van der Waals surface area (Å²) < 4.78 is 5.51. The summed E-state index contributed by atoms with van der Waals surface area (Å²) in [7, 11) is 0. The molecule has 2 rings (SSSR count). The summed E-state index contributed by atoms with van der Waals surface area (Å²) in [5.74, 6) is 6.85. The first-order valence-electron chi connectivity index (χ1n) is 6.40. The van der Waals surface area contributed by atoms with Crippen molar-refractivity contribution in [3.8, 4) is 23.2 Å². The number of nitrogens with two attached hydrogens (primary N) is 1. The van der Waals surface area contributed by atoms with Crippen LogP contribution in [0.1, 0.15) is 31.9 Å². The summed E-state index contributed by atoms with van der Waals surface area (Å²) in [5.41, 5.74) is 8.79. The van der Waals surface area contributed by atoms with Crippen LogP contribution in [0.15, 0.2) is 41.0 Å². The lowest BCUT2D eigenvalue weighted by atomic mass is 9.85. The van der Waals surface area contributed by atoms with Gasteiger partial charge in [0.05, 0.1) is 12.8 Å². The molecule has 0 aliphatic carbocycles. The van der Waals surface area contributed by atoms with Crippen molar-refractivity contribution in [1.82, 2.24) is 0 Å². The SMILES string of the molecule is CC(C)(C)c1ccc(C#CCN)c(-c2ccco2)c1. The largest absolute Gasteiger partial charge is 0.464 e. The summed E-state index contributed by atoms with van der Waals surface area (Å²) >= 11 is 0. The predicted octanol–water partition coefficient (Wildman–Crippen LogP) is 3.55. The van der Waals surface area contributed by atoms with Gasteiger partial charge in [-0.25, -0.2) is 0 Å². The molecule has 2 heteroatoms. The number of hydrogen-bond donors (Lipinski definition) is 1. The van der Waals surface area contributed by atoms with Crippen LogP contribution in [-0.2, 0) is 5.41 Å². The highest BCUT2D eigenvalue weighted by molar-refractivity contribution is 5.68. The second kappa shape index (κ2) is 5.34. The highest BCUT2D eigenvalue weighted by Crippen LogP contribution is 2.30. The fourth-order valence-electron chi connectivity index (χ4n) is 1.90. The number of benzene rings is 1. The molecule has 0 aliphatic heterocycles. The Morgan fingerprint density at radius 2 is 2.00 bits per heavy atom. The van der Waals surface area contributed by atoms with E-state index in [1.807, 2.05) is 18.2 Å². The van der Waals surface area contributed by atoms with E-state index in [-0.39, 0.29) is 5.41 Å². The van der Waals surface area contributed by atoms with E-state index in [2.05, 4.69) is 44.7 Å². The standard InChI is InChI=1S/C17H19NO/c1-17(2,3)14-9-8-13(6-4-10-18)15(12-14)16-7-5-11-19-16/h5,7-9,11-12H,10,18H2,1-3H3. The number of rotatable bonds is 1. The lowest BCUT2D eigenvalue weighted by molar-refractivity contribution is 0.578.